The quantitative estimate of drug-likeness (QED) is 0.779. The Hall–Kier alpha value is -1.57. The molecule has 0 aromatic carbocycles. The van der Waals surface area contributed by atoms with Crippen LogP contribution in [-0.2, 0) is 15.3 Å². The Bertz CT molecular complexity index is 436. The number of halogens is 2. The minimum Gasteiger partial charge on any atom is -0.465 e. The molecule has 0 fully saturated rings. The molecule has 1 amide bonds. The first-order chi connectivity index (χ1) is 9.02. The summed E-state index contributed by atoms with van der Waals surface area (Å²) in [4.78, 5) is 22.5. The number of carbonyl (C=O) groups is 2. The lowest BCUT2D eigenvalue weighted by molar-refractivity contribution is -0.141. The van der Waals surface area contributed by atoms with Gasteiger partial charge >= 0.3 is 5.97 Å². The number of nitrogens with one attached hydrogen (secondary N) is 1. The van der Waals surface area contributed by atoms with Crippen molar-refractivity contribution in [3.63, 3.8) is 0 Å². The summed E-state index contributed by atoms with van der Waals surface area (Å²) in [6.45, 7) is 1.61. The van der Waals surface area contributed by atoms with Gasteiger partial charge in [0, 0.05) is 0 Å². The molecule has 0 unspecified atom stereocenters. The molecule has 0 saturated carbocycles. The van der Waals surface area contributed by atoms with Crippen LogP contribution in [0.25, 0.3) is 0 Å². The number of amides is 1. The maximum Gasteiger partial charge on any atom is 0.325 e. The first-order valence-electron chi connectivity index (χ1n) is 5.45. The average molecular weight is 293 g/mol. The fraction of sp³-hybridized carbons (Fsp3) is 0.455. The van der Waals surface area contributed by atoms with E-state index in [4.69, 9.17) is 4.42 Å². The normalized spacial score (nSPS) is 10.5. The molecule has 0 radical (unpaired) electrons. The number of thioether (sulfide) groups is 1. The molecular formula is C11H13F2NO4S. The molecule has 5 nitrogen and oxygen atoms in total. The SMILES string of the molecule is CCOC(=O)CNC(=O)c1ccc(CSC(F)F)o1. The molecule has 1 N–H and O–H groups in total. The van der Waals surface area contributed by atoms with Crippen LogP contribution in [0, 0.1) is 0 Å². The van der Waals surface area contributed by atoms with Gasteiger partial charge in [-0.25, -0.2) is 0 Å². The highest BCUT2D eigenvalue weighted by atomic mass is 32.2. The number of furan rings is 1. The Morgan fingerprint density at radius 1 is 1.47 bits per heavy atom. The molecule has 0 aliphatic heterocycles. The van der Waals surface area contributed by atoms with Gasteiger partial charge in [0.15, 0.2) is 5.76 Å². The van der Waals surface area contributed by atoms with Crippen molar-refractivity contribution in [2.45, 2.75) is 18.4 Å². The Morgan fingerprint density at radius 2 is 2.21 bits per heavy atom. The Morgan fingerprint density at radius 3 is 2.84 bits per heavy atom. The largest absolute Gasteiger partial charge is 0.465 e. The van der Waals surface area contributed by atoms with Crippen molar-refractivity contribution in [1.82, 2.24) is 5.32 Å². The maximum absolute atomic E-state index is 12.0. The minimum absolute atomic E-state index is 0.0250. The zero-order valence-electron chi connectivity index (χ0n) is 10.2. The van der Waals surface area contributed by atoms with Crippen molar-refractivity contribution in [2.75, 3.05) is 13.2 Å². The van der Waals surface area contributed by atoms with E-state index in [1.54, 1.807) is 6.92 Å². The number of hydrogen-bond donors (Lipinski definition) is 1. The maximum atomic E-state index is 12.0. The summed E-state index contributed by atoms with van der Waals surface area (Å²) in [6, 6.07) is 2.80. The number of alkyl halides is 2. The number of hydrogen-bond acceptors (Lipinski definition) is 5. The van der Waals surface area contributed by atoms with Crippen molar-refractivity contribution in [3.8, 4) is 0 Å². The average Bonchev–Trinajstić information content (AvgIpc) is 2.82. The molecule has 19 heavy (non-hydrogen) atoms. The van der Waals surface area contributed by atoms with Crippen molar-refractivity contribution in [2.24, 2.45) is 0 Å². The molecular weight excluding hydrogens is 280 g/mol. The van der Waals surface area contributed by atoms with Crippen LogP contribution in [0.15, 0.2) is 16.5 Å². The second-order valence-corrected chi connectivity index (χ2v) is 4.30. The number of carbonyl (C=O) groups excluding carboxylic acids is 2. The number of rotatable bonds is 7. The van der Waals surface area contributed by atoms with Gasteiger partial charge in [-0.1, -0.05) is 11.8 Å². The highest BCUT2D eigenvalue weighted by Gasteiger charge is 2.13. The highest BCUT2D eigenvalue weighted by molar-refractivity contribution is 7.98. The molecule has 106 valence electrons. The van der Waals surface area contributed by atoms with Gasteiger partial charge in [0.1, 0.15) is 12.3 Å². The smallest absolute Gasteiger partial charge is 0.325 e. The van der Waals surface area contributed by atoms with Crippen molar-refractivity contribution >= 4 is 23.6 Å². The van der Waals surface area contributed by atoms with Crippen LogP contribution in [0.5, 0.6) is 0 Å². The molecule has 0 aliphatic carbocycles. The molecule has 1 rings (SSSR count). The zero-order valence-corrected chi connectivity index (χ0v) is 11.0. The predicted octanol–water partition coefficient (Wildman–Crippen LogP) is 2.03. The van der Waals surface area contributed by atoms with E-state index in [2.05, 4.69) is 10.1 Å². The molecule has 1 heterocycles. The third kappa shape index (κ3) is 5.73. The molecule has 8 heteroatoms. The molecule has 1 aromatic rings. The van der Waals surface area contributed by atoms with Crippen molar-refractivity contribution < 1.29 is 27.5 Å². The molecule has 0 aliphatic rings. The van der Waals surface area contributed by atoms with Gasteiger partial charge in [-0.2, -0.15) is 8.78 Å². The summed E-state index contributed by atoms with van der Waals surface area (Å²) in [5.41, 5.74) is 0. The molecule has 0 atom stereocenters. The summed E-state index contributed by atoms with van der Waals surface area (Å²) < 4.78 is 33.6. The highest BCUT2D eigenvalue weighted by Crippen LogP contribution is 2.21. The van der Waals surface area contributed by atoms with Crippen LogP contribution in [-0.4, -0.2) is 30.8 Å². The predicted molar refractivity (Wildman–Crippen MR) is 65.0 cm³/mol. The van der Waals surface area contributed by atoms with Crippen LogP contribution in [0.2, 0.25) is 0 Å². The molecule has 0 spiro atoms. The van der Waals surface area contributed by atoms with E-state index >= 15 is 0 Å². The standard InChI is InChI=1S/C11H13F2NO4S/c1-2-17-9(15)5-14-10(16)8-4-3-7(18-8)6-19-11(12)13/h3-4,11H,2,5-6H2,1H3,(H,14,16). The van der Waals surface area contributed by atoms with Crippen LogP contribution in [0.3, 0.4) is 0 Å². The Labute approximate surface area is 112 Å². The van der Waals surface area contributed by atoms with Crippen LogP contribution in [0.1, 0.15) is 23.2 Å². The first kappa shape index (κ1) is 15.5. The van der Waals surface area contributed by atoms with Crippen molar-refractivity contribution in [1.29, 1.82) is 0 Å². The van der Waals surface area contributed by atoms with Crippen LogP contribution in [0.4, 0.5) is 8.78 Å². The van der Waals surface area contributed by atoms with E-state index in [9.17, 15) is 18.4 Å². The van der Waals surface area contributed by atoms with Crippen molar-refractivity contribution in [3.05, 3.63) is 23.7 Å². The monoisotopic (exact) mass is 293 g/mol. The van der Waals surface area contributed by atoms with Gasteiger partial charge in [0.25, 0.3) is 11.7 Å². The number of esters is 1. The van der Waals surface area contributed by atoms with Gasteiger partial charge < -0.3 is 14.5 Å². The lowest BCUT2D eigenvalue weighted by Crippen LogP contribution is -2.30. The van der Waals surface area contributed by atoms with E-state index in [-0.39, 0.29) is 30.4 Å². The Kier molecular flexibility index (Phi) is 6.34. The van der Waals surface area contributed by atoms with Gasteiger partial charge in [0.2, 0.25) is 0 Å². The zero-order chi connectivity index (χ0) is 14.3. The topological polar surface area (TPSA) is 68.5 Å². The summed E-state index contributed by atoms with van der Waals surface area (Å²) in [6.07, 6.45) is 0. The van der Waals surface area contributed by atoms with Gasteiger partial charge in [-0.05, 0) is 19.1 Å². The number of ether oxygens (including phenoxy) is 1. The summed E-state index contributed by atoms with van der Waals surface area (Å²) in [5.74, 6) is -3.44. The van der Waals surface area contributed by atoms with Crippen LogP contribution < -0.4 is 5.32 Å². The first-order valence-corrected chi connectivity index (χ1v) is 6.50. The van der Waals surface area contributed by atoms with E-state index in [1.807, 2.05) is 0 Å². The molecule has 0 bridgehead atoms. The third-order valence-electron chi connectivity index (χ3n) is 1.94. The minimum atomic E-state index is -2.49. The third-order valence-corrected chi connectivity index (χ3v) is 2.64. The van der Waals surface area contributed by atoms with Gasteiger partial charge in [0.05, 0.1) is 12.4 Å². The van der Waals surface area contributed by atoms with E-state index < -0.39 is 17.6 Å². The molecule has 0 saturated heterocycles. The molecule has 1 aromatic heterocycles. The lowest BCUT2D eigenvalue weighted by atomic mass is 10.4. The van der Waals surface area contributed by atoms with Gasteiger partial charge in [-0.15, -0.1) is 0 Å². The second-order valence-electron chi connectivity index (χ2n) is 3.33. The van der Waals surface area contributed by atoms with Gasteiger partial charge in [-0.3, -0.25) is 9.59 Å². The summed E-state index contributed by atoms with van der Waals surface area (Å²) in [5, 5.41) is 2.30. The van der Waals surface area contributed by atoms with E-state index in [1.165, 1.54) is 12.1 Å². The summed E-state index contributed by atoms with van der Waals surface area (Å²) >= 11 is 0.401. The second kappa shape index (κ2) is 7.78. The van der Waals surface area contributed by atoms with E-state index in [0.717, 1.165) is 0 Å². The fourth-order valence-electron chi connectivity index (χ4n) is 1.17. The summed E-state index contributed by atoms with van der Waals surface area (Å²) in [7, 11) is 0. The van der Waals surface area contributed by atoms with Crippen LogP contribution >= 0.6 is 11.8 Å². The fourth-order valence-corrected chi connectivity index (χ4v) is 1.62. The lowest BCUT2D eigenvalue weighted by Gasteiger charge is -2.02. The Balaban J connectivity index is 2.42. The van der Waals surface area contributed by atoms with E-state index in [0.29, 0.717) is 11.8 Å².